The number of hydrogen-bond acceptors (Lipinski definition) is 3. The summed E-state index contributed by atoms with van der Waals surface area (Å²) in [6.45, 7) is 0.938. The van der Waals surface area contributed by atoms with Crippen LogP contribution >= 0.6 is 23.4 Å². The van der Waals surface area contributed by atoms with Crippen molar-refractivity contribution in [2.24, 2.45) is 0 Å². The molecule has 0 saturated heterocycles. The van der Waals surface area contributed by atoms with Gasteiger partial charge in [0.2, 0.25) is 0 Å². The van der Waals surface area contributed by atoms with Crippen LogP contribution in [-0.4, -0.2) is 12.3 Å². The van der Waals surface area contributed by atoms with E-state index >= 15 is 0 Å². The van der Waals surface area contributed by atoms with Crippen molar-refractivity contribution in [3.8, 4) is 0 Å². The van der Waals surface area contributed by atoms with Gasteiger partial charge >= 0.3 is 0 Å². The maximum Gasteiger partial charge on any atom is 0.113 e. The second kappa shape index (κ2) is 6.62. The fourth-order valence-electron chi connectivity index (χ4n) is 1.40. The number of rotatable bonds is 6. The highest BCUT2D eigenvalue weighted by Crippen LogP contribution is 2.15. The zero-order chi connectivity index (χ0) is 11.9. The maximum absolute atomic E-state index is 5.81. The fraction of sp³-hybridized carbons (Fsp3) is 0.231. The van der Waals surface area contributed by atoms with E-state index in [2.05, 4.69) is 5.32 Å². The van der Waals surface area contributed by atoms with E-state index < -0.39 is 0 Å². The van der Waals surface area contributed by atoms with Gasteiger partial charge in [-0.1, -0.05) is 11.6 Å². The molecule has 1 heterocycles. The number of benzene rings is 1. The molecule has 0 amide bonds. The first-order chi connectivity index (χ1) is 8.34. The Bertz CT molecular complexity index is 427. The summed E-state index contributed by atoms with van der Waals surface area (Å²) < 4.78 is 5.26. The highest BCUT2D eigenvalue weighted by atomic mass is 35.5. The third-order valence-electron chi connectivity index (χ3n) is 2.24. The van der Waals surface area contributed by atoms with Gasteiger partial charge in [0.25, 0.3) is 0 Å². The van der Waals surface area contributed by atoms with Gasteiger partial charge < -0.3 is 9.73 Å². The lowest BCUT2D eigenvalue weighted by atomic mass is 10.3. The lowest BCUT2D eigenvalue weighted by molar-refractivity contribution is 0.530. The van der Waals surface area contributed by atoms with Crippen molar-refractivity contribution < 1.29 is 4.42 Å². The number of halogens is 1. The first kappa shape index (κ1) is 12.4. The van der Waals surface area contributed by atoms with Crippen molar-refractivity contribution in [2.75, 3.05) is 17.6 Å². The normalized spacial score (nSPS) is 10.4. The summed E-state index contributed by atoms with van der Waals surface area (Å²) in [7, 11) is 0. The molecule has 0 atom stereocenters. The largest absolute Gasteiger partial charge is 0.468 e. The second-order valence-corrected chi connectivity index (χ2v) is 5.11. The molecule has 0 aliphatic heterocycles. The molecule has 2 nitrogen and oxygen atoms in total. The van der Waals surface area contributed by atoms with Crippen molar-refractivity contribution in [1.82, 2.24) is 0 Å². The number of anilines is 1. The van der Waals surface area contributed by atoms with E-state index in [1.807, 2.05) is 48.2 Å². The fourth-order valence-corrected chi connectivity index (χ4v) is 2.28. The van der Waals surface area contributed by atoms with E-state index in [1.54, 1.807) is 6.26 Å². The summed E-state index contributed by atoms with van der Waals surface area (Å²) in [4.78, 5) is 0. The van der Waals surface area contributed by atoms with Gasteiger partial charge in [0, 0.05) is 23.0 Å². The molecule has 0 radical (unpaired) electrons. The van der Waals surface area contributed by atoms with Crippen LogP contribution in [0.15, 0.2) is 47.1 Å². The number of furan rings is 1. The van der Waals surface area contributed by atoms with Crippen molar-refractivity contribution in [3.05, 3.63) is 53.4 Å². The standard InChI is InChI=1S/C13H14ClNOS/c14-11-3-5-12(6-4-11)15-7-9-17-10-13-2-1-8-16-13/h1-6,8,15H,7,9-10H2. The molecule has 17 heavy (non-hydrogen) atoms. The Morgan fingerprint density at radius 2 is 2.00 bits per heavy atom. The average Bonchev–Trinajstić information content (AvgIpc) is 2.84. The molecule has 0 aliphatic rings. The van der Waals surface area contributed by atoms with Crippen LogP contribution in [0.25, 0.3) is 0 Å². The molecule has 4 heteroatoms. The summed E-state index contributed by atoms with van der Waals surface area (Å²) in [6.07, 6.45) is 1.71. The van der Waals surface area contributed by atoms with Crippen LogP contribution in [0.3, 0.4) is 0 Å². The SMILES string of the molecule is Clc1ccc(NCCSCc2ccco2)cc1. The molecule has 0 aliphatic carbocycles. The summed E-state index contributed by atoms with van der Waals surface area (Å²) in [5, 5.41) is 4.11. The summed E-state index contributed by atoms with van der Waals surface area (Å²) in [5.74, 6) is 3.00. The Hall–Kier alpha value is -1.06. The Balaban J connectivity index is 1.61. The number of thioether (sulfide) groups is 1. The van der Waals surface area contributed by atoms with Crippen molar-refractivity contribution >= 4 is 29.1 Å². The van der Waals surface area contributed by atoms with E-state index in [0.29, 0.717) is 0 Å². The van der Waals surface area contributed by atoms with Crippen LogP contribution in [0.5, 0.6) is 0 Å². The molecule has 0 saturated carbocycles. The smallest absolute Gasteiger partial charge is 0.113 e. The molecule has 2 aromatic rings. The summed E-state index contributed by atoms with van der Waals surface area (Å²) in [6, 6.07) is 11.7. The highest BCUT2D eigenvalue weighted by molar-refractivity contribution is 7.98. The Morgan fingerprint density at radius 1 is 1.18 bits per heavy atom. The van der Waals surface area contributed by atoms with E-state index in [9.17, 15) is 0 Å². The van der Waals surface area contributed by atoms with Gasteiger partial charge in [-0.05, 0) is 36.4 Å². The molecule has 0 unspecified atom stereocenters. The minimum Gasteiger partial charge on any atom is -0.468 e. The van der Waals surface area contributed by atoms with Crippen LogP contribution in [0.1, 0.15) is 5.76 Å². The highest BCUT2D eigenvalue weighted by Gasteiger charge is 1.96. The third-order valence-corrected chi connectivity index (χ3v) is 3.48. The molecule has 90 valence electrons. The van der Waals surface area contributed by atoms with Crippen LogP contribution in [0.2, 0.25) is 5.02 Å². The lowest BCUT2D eigenvalue weighted by Crippen LogP contribution is -2.03. The van der Waals surface area contributed by atoms with E-state index in [4.69, 9.17) is 16.0 Å². The van der Waals surface area contributed by atoms with Crippen LogP contribution in [0, 0.1) is 0 Å². The van der Waals surface area contributed by atoms with Gasteiger partial charge in [-0.15, -0.1) is 0 Å². The Morgan fingerprint density at radius 3 is 2.71 bits per heavy atom. The van der Waals surface area contributed by atoms with E-state index in [0.717, 1.165) is 34.5 Å². The minimum absolute atomic E-state index is 0.766. The average molecular weight is 268 g/mol. The predicted molar refractivity (Wildman–Crippen MR) is 74.8 cm³/mol. The first-order valence-corrected chi connectivity index (χ1v) is 6.97. The van der Waals surface area contributed by atoms with Crippen molar-refractivity contribution in [2.45, 2.75) is 5.75 Å². The molecule has 0 spiro atoms. The lowest BCUT2D eigenvalue weighted by Gasteiger charge is -2.05. The molecular weight excluding hydrogens is 254 g/mol. The molecular formula is C13H14ClNOS. The first-order valence-electron chi connectivity index (χ1n) is 5.44. The van der Waals surface area contributed by atoms with E-state index in [1.165, 1.54) is 0 Å². The predicted octanol–water partition coefficient (Wildman–Crippen LogP) is 4.28. The van der Waals surface area contributed by atoms with Gasteiger partial charge in [-0.25, -0.2) is 0 Å². The van der Waals surface area contributed by atoms with E-state index in [-0.39, 0.29) is 0 Å². The molecule has 2 rings (SSSR count). The summed E-state index contributed by atoms with van der Waals surface area (Å²) >= 11 is 7.66. The van der Waals surface area contributed by atoms with Gasteiger partial charge in [-0.3, -0.25) is 0 Å². The van der Waals surface area contributed by atoms with Gasteiger partial charge in [0.15, 0.2) is 0 Å². The van der Waals surface area contributed by atoms with Crippen LogP contribution < -0.4 is 5.32 Å². The zero-order valence-corrected chi connectivity index (χ0v) is 10.9. The zero-order valence-electron chi connectivity index (χ0n) is 9.36. The second-order valence-electron chi connectivity index (χ2n) is 3.57. The molecule has 1 aromatic heterocycles. The Kier molecular flexibility index (Phi) is 4.83. The van der Waals surface area contributed by atoms with Gasteiger partial charge in [0.05, 0.1) is 12.0 Å². The van der Waals surface area contributed by atoms with Crippen molar-refractivity contribution in [3.63, 3.8) is 0 Å². The van der Waals surface area contributed by atoms with Gasteiger partial charge in [0.1, 0.15) is 5.76 Å². The van der Waals surface area contributed by atoms with Gasteiger partial charge in [-0.2, -0.15) is 11.8 Å². The third kappa shape index (κ3) is 4.36. The minimum atomic E-state index is 0.766. The number of hydrogen-bond donors (Lipinski definition) is 1. The van der Waals surface area contributed by atoms with Crippen LogP contribution in [-0.2, 0) is 5.75 Å². The molecule has 0 bridgehead atoms. The molecule has 1 N–H and O–H groups in total. The quantitative estimate of drug-likeness (QED) is 0.791. The van der Waals surface area contributed by atoms with Crippen LogP contribution in [0.4, 0.5) is 5.69 Å². The maximum atomic E-state index is 5.81. The monoisotopic (exact) mass is 267 g/mol. The molecule has 1 aromatic carbocycles. The Labute approximate surface area is 110 Å². The summed E-state index contributed by atoms with van der Waals surface area (Å²) in [5.41, 5.74) is 1.10. The number of nitrogens with one attached hydrogen (secondary N) is 1. The van der Waals surface area contributed by atoms with Crippen molar-refractivity contribution in [1.29, 1.82) is 0 Å². The topological polar surface area (TPSA) is 25.2 Å². The molecule has 0 fully saturated rings.